The number of rotatable bonds is 6. The summed E-state index contributed by atoms with van der Waals surface area (Å²) in [4.78, 5) is 11.9. The van der Waals surface area contributed by atoms with E-state index in [-0.39, 0.29) is 12.0 Å². The molecule has 2 atom stereocenters. The third-order valence-corrected chi connectivity index (χ3v) is 3.15. The molecule has 2 unspecified atom stereocenters. The molecule has 0 aromatic rings. The molecule has 0 spiro atoms. The first kappa shape index (κ1) is 15.4. The van der Waals surface area contributed by atoms with Gasteiger partial charge in [-0.3, -0.25) is 4.79 Å². The Morgan fingerprint density at radius 3 is 2.83 bits per heavy atom. The fraction of sp³-hybridized carbons (Fsp3) is 0.923. The summed E-state index contributed by atoms with van der Waals surface area (Å²) in [6.45, 7) is 7.22. The Balaban J connectivity index is 2.26. The van der Waals surface area contributed by atoms with E-state index in [1.807, 2.05) is 13.8 Å². The molecule has 1 aliphatic heterocycles. The molecule has 1 saturated heterocycles. The fourth-order valence-electron chi connectivity index (χ4n) is 1.75. The van der Waals surface area contributed by atoms with E-state index < -0.39 is 11.6 Å². The highest BCUT2D eigenvalue weighted by molar-refractivity contribution is 5.81. The van der Waals surface area contributed by atoms with E-state index in [0.717, 1.165) is 19.4 Å². The SMILES string of the molecule is CC(OCC1CCCCO1)C(=O)NC(C)(C)CN. The Kier molecular flexibility index (Phi) is 6.05. The molecule has 1 rings (SSSR count). The molecular weight excluding hydrogens is 232 g/mol. The second-order valence-corrected chi connectivity index (χ2v) is 5.54. The Morgan fingerprint density at radius 2 is 2.28 bits per heavy atom. The number of ether oxygens (including phenoxy) is 2. The Morgan fingerprint density at radius 1 is 1.56 bits per heavy atom. The average Bonchev–Trinajstić information content (AvgIpc) is 2.36. The average molecular weight is 258 g/mol. The second kappa shape index (κ2) is 7.07. The first-order valence-electron chi connectivity index (χ1n) is 6.70. The van der Waals surface area contributed by atoms with Gasteiger partial charge in [0.1, 0.15) is 6.10 Å². The summed E-state index contributed by atoms with van der Waals surface area (Å²) in [5.74, 6) is -0.124. The van der Waals surface area contributed by atoms with Crippen LogP contribution in [0.15, 0.2) is 0 Å². The van der Waals surface area contributed by atoms with Gasteiger partial charge in [-0.25, -0.2) is 0 Å². The molecular formula is C13H26N2O3. The van der Waals surface area contributed by atoms with Gasteiger partial charge in [-0.05, 0) is 40.0 Å². The van der Waals surface area contributed by atoms with E-state index in [2.05, 4.69) is 5.32 Å². The van der Waals surface area contributed by atoms with Gasteiger partial charge in [-0.15, -0.1) is 0 Å². The van der Waals surface area contributed by atoms with Crippen LogP contribution in [0.3, 0.4) is 0 Å². The Hall–Kier alpha value is -0.650. The van der Waals surface area contributed by atoms with E-state index in [9.17, 15) is 4.79 Å². The summed E-state index contributed by atoms with van der Waals surface area (Å²) in [6.07, 6.45) is 2.98. The Labute approximate surface area is 109 Å². The maximum absolute atomic E-state index is 11.9. The Bertz CT molecular complexity index is 263. The summed E-state index contributed by atoms with van der Waals surface area (Å²) in [6, 6.07) is 0. The first-order valence-corrected chi connectivity index (χ1v) is 6.70. The predicted octanol–water partition coefficient (Wildman–Crippen LogP) is 0.814. The lowest BCUT2D eigenvalue weighted by Gasteiger charge is -2.27. The summed E-state index contributed by atoms with van der Waals surface area (Å²) in [5.41, 5.74) is 5.18. The number of nitrogens with one attached hydrogen (secondary N) is 1. The molecule has 5 nitrogen and oxygen atoms in total. The minimum atomic E-state index is -0.471. The van der Waals surface area contributed by atoms with Gasteiger partial charge in [0.05, 0.1) is 12.7 Å². The van der Waals surface area contributed by atoms with Gasteiger partial charge in [0.25, 0.3) is 0 Å². The van der Waals surface area contributed by atoms with Crippen LogP contribution in [-0.2, 0) is 14.3 Å². The minimum absolute atomic E-state index is 0.124. The van der Waals surface area contributed by atoms with Crippen molar-refractivity contribution in [2.75, 3.05) is 19.8 Å². The summed E-state index contributed by atoms with van der Waals surface area (Å²) < 4.78 is 11.1. The van der Waals surface area contributed by atoms with Gasteiger partial charge in [0.15, 0.2) is 0 Å². The zero-order valence-corrected chi connectivity index (χ0v) is 11.7. The van der Waals surface area contributed by atoms with Crippen molar-refractivity contribution < 1.29 is 14.3 Å². The molecule has 0 saturated carbocycles. The van der Waals surface area contributed by atoms with Crippen molar-refractivity contribution in [1.29, 1.82) is 0 Å². The molecule has 1 fully saturated rings. The molecule has 0 bridgehead atoms. The fourth-order valence-corrected chi connectivity index (χ4v) is 1.75. The lowest BCUT2D eigenvalue weighted by Crippen LogP contribution is -2.52. The number of hydrogen-bond acceptors (Lipinski definition) is 4. The van der Waals surface area contributed by atoms with E-state index in [0.29, 0.717) is 13.2 Å². The van der Waals surface area contributed by atoms with Crippen LogP contribution in [0.2, 0.25) is 0 Å². The lowest BCUT2D eigenvalue weighted by atomic mass is 10.1. The summed E-state index contributed by atoms with van der Waals surface area (Å²) in [7, 11) is 0. The van der Waals surface area contributed by atoms with Gasteiger partial charge < -0.3 is 20.5 Å². The van der Waals surface area contributed by atoms with Crippen LogP contribution < -0.4 is 11.1 Å². The van der Waals surface area contributed by atoms with Crippen molar-refractivity contribution in [2.45, 2.75) is 57.8 Å². The standard InChI is InChI=1S/C13H26N2O3/c1-10(12(16)15-13(2,3)9-14)18-8-11-6-4-5-7-17-11/h10-11H,4-9,14H2,1-3H3,(H,15,16). The molecule has 0 aromatic carbocycles. The van der Waals surface area contributed by atoms with Crippen LogP contribution in [0.1, 0.15) is 40.0 Å². The van der Waals surface area contributed by atoms with Crippen LogP contribution in [0.25, 0.3) is 0 Å². The molecule has 5 heteroatoms. The van der Waals surface area contributed by atoms with Crippen molar-refractivity contribution in [3.63, 3.8) is 0 Å². The maximum Gasteiger partial charge on any atom is 0.249 e. The zero-order chi connectivity index (χ0) is 13.6. The molecule has 1 heterocycles. The maximum atomic E-state index is 11.9. The van der Waals surface area contributed by atoms with Crippen molar-refractivity contribution in [3.8, 4) is 0 Å². The third-order valence-electron chi connectivity index (χ3n) is 3.15. The van der Waals surface area contributed by atoms with Crippen molar-refractivity contribution in [3.05, 3.63) is 0 Å². The molecule has 0 radical (unpaired) electrons. The van der Waals surface area contributed by atoms with E-state index in [4.69, 9.17) is 15.2 Å². The number of nitrogens with two attached hydrogens (primary N) is 1. The second-order valence-electron chi connectivity index (χ2n) is 5.54. The number of hydrogen-bond donors (Lipinski definition) is 2. The molecule has 106 valence electrons. The predicted molar refractivity (Wildman–Crippen MR) is 70.3 cm³/mol. The van der Waals surface area contributed by atoms with Crippen LogP contribution in [0.5, 0.6) is 0 Å². The van der Waals surface area contributed by atoms with Crippen LogP contribution in [0, 0.1) is 0 Å². The summed E-state index contributed by atoms with van der Waals surface area (Å²) in [5, 5.41) is 2.86. The number of carbonyl (C=O) groups excluding carboxylic acids is 1. The third kappa shape index (κ3) is 5.33. The highest BCUT2D eigenvalue weighted by Gasteiger charge is 2.23. The highest BCUT2D eigenvalue weighted by Crippen LogP contribution is 2.13. The molecule has 3 N–H and O–H groups in total. The normalized spacial score (nSPS) is 22.6. The van der Waals surface area contributed by atoms with Gasteiger partial charge >= 0.3 is 0 Å². The number of amides is 1. The molecule has 0 aliphatic carbocycles. The van der Waals surface area contributed by atoms with Crippen LogP contribution >= 0.6 is 0 Å². The highest BCUT2D eigenvalue weighted by atomic mass is 16.5. The van der Waals surface area contributed by atoms with Crippen molar-refractivity contribution >= 4 is 5.91 Å². The number of carbonyl (C=O) groups is 1. The van der Waals surface area contributed by atoms with Gasteiger partial charge in [-0.2, -0.15) is 0 Å². The van der Waals surface area contributed by atoms with Gasteiger partial charge in [0.2, 0.25) is 5.91 Å². The largest absolute Gasteiger partial charge is 0.376 e. The minimum Gasteiger partial charge on any atom is -0.376 e. The first-order chi connectivity index (χ1) is 8.44. The zero-order valence-electron chi connectivity index (χ0n) is 11.7. The van der Waals surface area contributed by atoms with Crippen LogP contribution in [-0.4, -0.2) is 43.4 Å². The monoisotopic (exact) mass is 258 g/mol. The molecule has 1 aliphatic rings. The molecule has 1 amide bonds. The molecule has 18 heavy (non-hydrogen) atoms. The quantitative estimate of drug-likeness (QED) is 0.739. The topological polar surface area (TPSA) is 73.6 Å². The van der Waals surface area contributed by atoms with E-state index in [1.54, 1.807) is 6.92 Å². The van der Waals surface area contributed by atoms with Gasteiger partial charge in [0, 0.05) is 18.7 Å². The van der Waals surface area contributed by atoms with E-state index >= 15 is 0 Å². The van der Waals surface area contributed by atoms with Crippen molar-refractivity contribution in [1.82, 2.24) is 5.32 Å². The lowest BCUT2D eigenvalue weighted by molar-refractivity contribution is -0.137. The van der Waals surface area contributed by atoms with Gasteiger partial charge in [-0.1, -0.05) is 0 Å². The molecule has 0 aromatic heterocycles. The van der Waals surface area contributed by atoms with E-state index in [1.165, 1.54) is 6.42 Å². The summed E-state index contributed by atoms with van der Waals surface area (Å²) >= 11 is 0. The van der Waals surface area contributed by atoms with Crippen molar-refractivity contribution in [2.24, 2.45) is 5.73 Å². The smallest absolute Gasteiger partial charge is 0.249 e. The van der Waals surface area contributed by atoms with Crippen LogP contribution in [0.4, 0.5) is 0 Å².